The monoisotopic (exact) mass is 320 g/mol. The van der Waals surface area contributed by atoms with Gasteiger partial charge in [-0.15, -0.1) is 0 Å². The highest BCUT2D eigenvalue weighted by Crippen LogP contribution is 2.23. The van der Waals surface area contributed by atoms with Crippen LogP contribution in [0.4, 0.5) is 0 Å². The lowest BCUT2D eigenvalue weighted by Gasteiger charge is -2.00. The topological polar surface area (TPSA) is 63.3 Å². The first-order valence-corrected chi connectivity index (χ1v) is 7.42. The maximum Gasteiger partial charge on any atom is 0.216 e. The molecule has 0 atom stereocenters. The predicted molar refractivity (Wildman–Crippen MR) is 91.0 cm³/mol. The van der Waals surface area contributed by atoms with Gasteiger partial charge < -0.3 is 0 Å². The fourth-order valence-electron chi connectivity index (χ4n) is 2.39. The molecule has 0 saturated carbocycles. The number of hydrogen-bond acceptors (Lipinski definition) is 4. The van der Waals surface area contributed by atoms with Gasteiger partial charge in [-0.3, -0.25) is 9.50 Å². The van der Waals surface area contributed by atoms with Crippen molar-refractivity contribution >= 4 is 24.1 Å². The van der Waals surface area contributed by atoms with E-state index in [4.69, 9.17) is 17.2 Å². The highest BCUT2D eigenvalue weighted by Gasteiger charge is 2.11. The standard InChI is InChI=1S/C16H12N6S/c23-16-20-17-11-22(16)18-10-13-15(12-6-2-1-3-7-12)19-14-8-4-5-9-21(13)14/h1-11H,(H,20,23)/b18-10+. The molecule has 4 aromatic rings. The number of pyridine rings is 1. The van der Waals surface area contributed by atoms with Crippen LogP contribution in [0.1, 0.15) is 5.69 Å². The van der Waals surface area contributed by atoms with Crippen LogP contribution in [0.3, 0.4) is 0 Å². The average Bonchev–Trinajstić information content (AvgIpc) is 3.17. The Bertz CT molecular complexity index is 1040. The maximum absolute atomic E-state index is 5.11. The summed E-state index contributed by atoms with van der Waals surface area (Å²) in [5, 5.41) is 10.9. The van der Waals surface area contributed by atoms with Crippen molar-refractivity contribution in [2.75, 3.05) is 0 Å². The zero-order valence-electron chi connectivity index (χ0n) is 12.0. The molecule has 6 nitrogen and oxygen atoms in total. The summed E-state index contributed by atoms with van der Waals surface area (Å²) >= 11 is 5.11. The fraction of sp³-hybridized carbons (Fsp3) is 0. The van der Waals surface area contributed by atoms with E-state index in [1.165, 1.54) is 11.0 Å². The second-order valence-corrected chi connectivity index (χ2v) is 5.28. The highest BCUT2D eigenvalue weighted by atomic mass is 32.1. The zero-order chi connectivity index (χ0) is 15.6. The van der Waals surface area contributed by atoms with Crippen LogP contribution < -0.4 is 0 Å². The lowest BCUT2D eigenvalue weighted by Crippen LogP contribution is -1.95. The van der Waals surface area contributed by atoms with Gasteiger partial charge in [-0.25, -0.2) is 4.98 Å². The van der Waals surface area contributed by atoms with Crippen LogP contribution in [0.5, 0.6) is 0 Å². The molecule has 0 aliphatic rings. The van der Waals surface area contributed by atoms with Gasteiger partial charge in [0.2, 0.25) is 4.77 Å². The Morgan fingerprint density at radius 1 is 1.09 bits per heavy atom. The molecule has 0 amide bonds. The molecular formula is C16H12N6S. The highest BCUT2D eigenvalue weighted by molar-refractivity contribution is 7.71. The fourth-order valence-corrected chi connectivity index (χ4v) is 2.54. The first-order chi connectivity index (χ1) is 11.3. The van der Waals surface area contributed by atoms with Crippen LogP contribution in [-0.2, 0) is 0 Å². The summed E-state index contributed by atoms with van der Waals surface area (Å²) in [6.07, 6.45) is 5.24. The maximum atomic E-state index is 5.11. The molecular weight excluding hydrogens is 308 g/mol. The number of H-pyrrole nitrogens is 1. The third-order valence-electron chi connectivity index (χ3n) is 3.45. The molecule has 112 valence electrons. The molecule has 0 fully saturated rings. The summed E-state index contributed by atoms with van der Waals surface area (Å²) in [5.74, 6) is 0. The Hall–Kier alpha value is -3.06. The van der Waals surface area contributed by atoms with Gasteiger partial charge in [-0.05, 0) is 24.4 Å². The molecule has 23 heavy (non-hydrogen) atoms. The summed E-state index contributed by atoms with van der Waals surface area (Å²) in [7, 11) is 0. The molecule has 7 heteroatoms. The van der Waals surface area contributed by atoms with E-state index < -0.39 is 0 Å². The van der Waals surface area contributed by atoms with E-state index in [9.17, 15) is 0 Å². The van der Waals surface area contributed by atoms with E-state index in [1.54, 1.807) is 6.21 Å². The van der Waals surface area contributed by atoms with Crippen molar-refractivity contribution in [3.8, 4) is 11.3 Å². The van der Waals surface area contributed by atoms with Crippen molar-refractivity contribution in [3.05, 3.63) is 71.5 Å². The molecule has 1 N–H and O–H groups in total. The Labute approximate surface area is 136 Å². The van der Waals surface area contributed by atoms with Crippen LogP contribution in [0.15, 0.2) is 66.2 Å². The minimum Gasteiger partial charge on any atom is -0.298 e. The number of benzene rings is 1. The Balaban J connectivity index is 1.91. The van der Waals surface area contributed by atoms with Gasteiger partial charge in [-0.1, -0.05) is 36.4 Å². The van der Waals surface area contributed by atoms with Crippen molar-refractivity contribution in [3.63, 3.8) is 0 Å². The molecule has 0 bridgehead atoms. The average molecular weight is 320 g/mol. The van der Waals surface area contributed by atoms with Crippen LogP contribution in [0.2, 0.25) is 0 Å². The van der Waals surface area contributed by atoms with Gasteiger partial charge in [0.05, 0.1) is 17.6 Å². The number of aromatic nitrogens is 5. The minimum absolute atomic E-state index is 0.441. The largest absolute Gasteiger partial charge is 0.298 e. The number of rotatable bonds is 3. The second kappa shape index (κ2) is 5.62. The molecule has 0 saturated heterocycles. The molecule has 1 aromatic carbocycles. The van der Waals surface area contributed by atoms with Gasteiger partial charge in [-0.2, -0.15) is 14.9 Å². The molecule has 0 unspecified atom stereocenters. The molecule has 0 radical (unpaired) electrons. The first-order valence-electron chi connectivity index (χ1n) is 7.02. The van der Waals surface area contributed by atoms with Gasteiger partial charge in [0, 0.05) is 11.8 Å². The van der Waals surface area contributed by atoms with E-state index in [-0.39, 0.29) is 0 Å². The van der Waals surface area contributed by atoms with Crippen molar-refractivity contribution in [1.29, 1.82) is 0 Å². The predicted octanol–water partition coefficient (Wildman–Crippen LogP) is 3.14. The summed E-state index contributed by atoms with van der Waals surface area (Å²) in [4.78, 5) is 4.72. The summed E-state index contributed by atoms with van der Waals surface area (Å²) < 4.78 is 3.94. The zero-order valence-corrected chi connectivity index (χ0v) is 12.8. The summed E-state index contributed by atoms with van der Waals surface area (Å²) in [6, 6.07) is 15.9. The van der Waals surface area contributed by atoms with Crippen molar-refractivity contribution in [2.24, 2.45) is 5.10 Å². The summed E-state index contributed by atoms with van der Waals surface area (Å²) in [6.45, 7) is 0. The van der Waals surface area contributed by atoms with Crippen LogP contribution >= 0.6 is 12.2 Å². The molecule has 0 aliphatic carbocycles. The Morgan fingerprint density at radius 2 is 1.91 bits per heavy atom. The number of hydrogen-bond donors (Lipinski definition) is 1. The SMILES string of the molecule is S=c1[nH]ncn1/N=C/c1c(-c2ccccc2)nc2ccccn12. The lowest BCUT2D eigenvalue weighted by atomic mass is 10.1. The molecule has 0 spiro atoms. The van der Waals surface area contributed by atoms with Gasteiger partial charge in [0.25, 0.3) is 0 Å². The normalized spacial score (nSPS) is 11.5. The second-order valence-electron chi connectivity index (χ2n) is 4.89. The number of nitrogens with one attached hydrogen (secondary N) is 1. The molecule has 3 heterocycles. The number of nitrogens with zero attached hydrogens (tertiary/aromatic N) is 5. The number of fused-ring (bicyclic) bond motifs is 1. The summed E-state index contributed by atoms with van der Waals surface area (Å²) in [5.41, 5.74) is 3.66. The van der Waals surface area contributed by atoms with Gasteiger partial charge in [0.15, 0.2) is 0 Å². The van der Waals surface area contributed by atoms with E-state index >= 15 is 0 Å². The van der Waals surface area contributed by atoms with Gasteiger partial charge in [0.1, 0.15) is 12.0 Å². The Morgan fingerprint density at radius 3 is 2.70 bits per heavy atom. The van der Waals surface area contributed by atoms with Crippen LogP contribution in [0.25, 0.3) is 16.9 Å². The van der Waals surface area contributed by atoms with Crippen molar-refractivity contribution in [2.45, 2.75) is 0 Å². The van der Waals surface area contributed by atoms with E-state index in [1.807, 2.05) is 59.1 Å². The van der Waals surface area contributed by atoms with Gasteiger partial charge >= 0.3 is 0 Å². The van der Waals surface area contributed by atoms with E-state index in [0.717, 1.165) is 22.6 Å². The van der Waals surface area contributed by atoms with E-state index in [2.05, 4.69) is 15.3 Å². The van der Waals surface area contributed by atoms with Crippen molar-refractivity contribution in [1.82, 2.24) is 24.3 Å². The number of imidazole rings is 1. The number of aromatic amines is 1. The van der Waals surface area contributed by atoms with Crippen LogP contribution in [0, 0.1) is 4.77 Å². The van der Waals surface area contributed by atoms with Crippen LogP contribution in [-0.4, -0.2) is 30.5 Å². The van der Waals surface area contributed by atoms with Crippen molar-refractivity contribution < 1.29 is 0 Å². The molecule has 0 aliphatic heterocycles. The quantitative estimate of drug-likeness (QED) is 0.466. The smallest absolute Gasteiger partial charge is 0.216 e. The van der Waals surface area contributed by atoms with E-state index in [0.29, 0.717) is 4.77 Å². The third-order valence-corrected chi connectivity index (χ3v) is 3.73. The lowest BCUT2D eigenvalue weighted by molar-refractivity contribution is 0.861. The molecule has 4 rings (SSSR count). The Kier molecular flexibility index (Phi) is 3.32. The molecule has 3 aromatic heterocycles. The third kappa shape index (κ3) is 2.47. The first kappa shape index (κ1) is 13.6. The minimum atomic E-state index is 0.441.